The Balaban J connectivity index is 2.43. The smallest absolute Gasteiger partial charge is 0.251 e. The van der Waals surface area contributed by atoms with Crippen molar-refractivity contribution >= 4 is 5.91 Å². The van der Waals surface area contributed by atoms with Gasteiger partial charge in [0.15, 0.2) is 0 Å². The van der Waals surface area contributed by atoms with Gasteiger partial charge in [0.25, 0.3) is 5.91 Å². The minimum absolute atomic E-state index is 0.00641. The third kappa shape index (κ3) is 3.48. The Morgan fingerprint density at radius 2 is 1.88 bits per heavy atom. The normalized spacial score (nSPS) is 20.5. The monoisotopic (exact) mass is 227 g/mol. The molecule has 0 spiro atoms. The maximum absolute atomic E-state index is 11.9. The second-order valence-corrected chi connectivity index (χ2v) is 5.37. The van der Waals surface area contributed by atoms with Crippen LogP contribution in [0, 0.1) is 5.92 Å². The molecule has 1 aliphatic rings. The SMILES string of the molecule is COC(C)(C)C(=O)N[C@H](C)C1CCCCC1. The van der Waals surface area contributed by atoms with Gasteiger partial charge in [0.05, 0.1) is 0 Å². The van der Waals surface area contributed by atoms with Crippen LogP contribution in [0.5, 0.6) is 0 Å². The molecule has 16 heavy (non-hydrogen) atoms. The molecule has 0 radical (unpaired) electrons. The average Bonchev–Trinajstić information content (AvgIpc) is 2.30. The highest BCUT2D eigenvalue weighted by Crippen LogP contribution is 2.26. The Bertz CT molecular complexity index is 232. The van der Waals surface area contributed by atoms with Crippen molar-refractivity contribution in [3.05, 3.63) is 0 Å². The van der Waals surface area contributed by atoms with Crippen LogP contribution in [0.1, 0.15) is 52.9 Å². The first-order valence-corrected chi connectivity index (χ1v) is 6.33. The number of carbonyl (C=O) groups is 1. The molecule has 1 aliphatic carbocycles. The first-order chi connectivity index (χ1) is 7.47. The Morgan fingerprint density at radius 1 is 1.31 bits per heavy atom. The molecule has 3 nitrogen and oxygen atoms in total. The Kier molecular flexibility index (Phi) is 4.78. The lowest BCUT2D eigenvalue weighted by Crippen LogP contribution is -2.49. The summed E-state index contributed by atoms with van der Waals surface area (Å²) in [4.78, 5) is 11.9. The predicted octanol–water partition coefficient (Wildman–Crippen LogP) is 2.50. The zero-order valence-corrected chi connectivity index (χ0v) is 11.0. The van der Waals surface area contributed by atoms with Crippen molar-refractivity contribution in [2.45, 2.75) is 64.5 Å². The van der Waals surface area contributed by atoms with E-state index >= 15 is 0 Å². The molecule has 0 bridgehead atoms. The summed E-state index contributed by atoms with van der Waals surface area (Å²) in [5.41, 5.74) is -0.719. The van der Waals surface area contributed by atoms with Gasteiger partial charge in [0.1, 0.15) is 5.60 Å². The van der Waals surface area contributed by atoms with Crippen LogP contribution in [0.3, 0.4) is 0 Å². The number of ether oxygens (including phenoxy) is 1. The predicted molar refractivity (Wildman–Crippen MR) is 65.3 cm³/mol. The van der Waals surface area contributed by atoms with Crippen LogP contribution in [0.25, 0.3) is 0 Å². The number of rotatable bonds is 4. The van der Waals surface area contributed by atoms with E-state index in [9.17, 15) is 4.79 Å². The third-order valence-corrected chi connectivity index (χ3v) is 3.77. The zero-order chi connectivity index (χ0) is 12.2. The van der Waals surface area contributed by atoms with Gasteiger partial charge in [0, 0.05) is 13.2 Å². The molecule has 1 atom stereocenters. The number of carbonyl (C=O) groups excluding carboxylic acids is 1. The summed E-state index contributed by atoms with van der Waals surface area (Å²) in [6.07, 6.45) is 6.45. The van der Waals surface area contributed by atoms with E-state index in [4.69, 9.17) is 4.74 Å². The lowest BCUT2D eigenvalue weighted by atomic mass is 9.84. The molecule has 0 aromatic heterocycles. The molecule has 0 saturated heterocycles. The number of nitrogens with one attached hydrogen (secondary N) is 1. The van der Waals surface area contributed by atoms with Gasteiger partial charge >= 0.3 is 0 Å². The highest BCUT2D eigenvalue weighted by atomic mass is 16.5. The van der Waals surface area contributed by atoms with Gasteiger partial charge in [-0.15, -0.1) is 0 Å². The van der Waals surface area contributed by atoms with Gasteiger partial charge in [-0.25, -0.2) is 0 Å². The van der Waals surface area contributed by atoms with E-state index < -0.39 is 5.60 Å². The van der Waals surface area contributed by atoms with Crippen LogP contribution in [0.15, 0.2) is 0 Å². The Hall–Kier alpha value is -0.570. The second kappa shape index (κ2) is 5.67. The van der Waals surface area contributed by atoms with Crippen LogP contribution in [-0.4, -0.2) is 24.7 Å². The summed E-state index contributed by atoms with van der Waals surface area (Å²) in [7, 11) is 1.57. The van der Waals surface area contributed by atoms with Gasteiger partial charge in [-0.05, 0) is 39.5 Å². The van der Waals surface area contributed by atoms with Gasteiger partial charge in [0.2, 0.25) is 0 Å². The fourth-order valence-corrected chi connectivity index (χ4v) is 2.23. The second-order valence-electron chi connectivity index (χ2n) is 5.37. The van der Waals surface area contributed by atoms with E-state index in [0.29, 0.717) is 5.92 Å². The summed E-state index contributed by atoms with van der Waals surface area (Å²) in [6.45, 7) is 5.71. The topological polar surface area (TPSA) is 38.3 Å². The zero-order valence-electron chi connectivity index (χ0n) is 11.0. The van der Waals surface area contributed by atoms with Crippen molar-refractivity contribution < 1.29 is 9.53 Å². The van der Waals surface area contributed by atoms with Gasteiger partial charge in [-0.2, -0.15) is 0 Å². The average molecular weight is 227 g/mol. The standard InChI is InChI=1S/C13H25NO2/c1-10(11-8-6-5-7-9-11)14-12(15)13(2,3)16-4/h10-11H,5-9H2,1-4H3,(H,14,15)/t10-/m1/s1. The highest BCUT2D eigenvalue weighted by molar-refractivity contribution is 5.84. The maximum Gasteiger partial charge on any atom is 0.251 e. The summed E-state index contributed by atoms with van der Waals surface area (Å²) in [6, 6.07) is 0.266. The Morgan fingerprint density at radius 3 is 2.38 bits per heavy atom. The molecular formula is C13H25NO2. The fraction of sp³-hybridized carbons (Fsp3) is 0.923. The molecule has 0 unspecified atom stereocenters. The fourth-order valence-electron chi connectivity index (χ4n) is 2.23. The molecule has 1 fully saturated rings. The molecule has 1 N–H and O–H groups in total. The van der Waals surface area contributed by atoms with E-state index in [0.717, 1.165) is 0 Å². The minimum Gasteiger partial charge on any atom is -0.369 e. The molecule has 0 heterocycles. The number of methoxy groups -OCH3 is 1. The van der Waals surface area contributed by atoms with Crippen molar-refractivity contribution in [2.24, 2.45) is 5.92 Å². The van der Waals surface area contributed by atoms with E-state index in [-0.39, 0.29) is 11.9 Å². The summed E-state index contributed by atoms with van der Waals surface area (Å²) in [5, 5.41) is 3.08. The van der Waals surface area contributed by atoms with E-state index in [1.807, 2.05) is 0 Å². The first kappa shape index (κ1) is 13.5. The quantitative estimate of drug-likeness (QED) is 0.801. The third-order valence-electron chi connectivity index (χ3n) is 3.77. The highest BCUT2D eigenvalue weighted by Gasteiger charge is 2.30. The molecular weight excluding hydrogens is 202 g/mol. The molecule has 1 saturated carbocycles. The van der Waals surface area contributed by atoms with Crippen molar-refractivity contribution in [1.82, 2.24) is 5.32 Å². The van der Waals surface area contributed by atoms with Gasteiger partial charge < -0.3 is 10.1 Å². The van der Waals surface area contributed by atoms with E-state index in [1.54, 1.807) is 21.0 Å². The van der Waals surface area contributed by atoms with Gasteiger partial charge in [-0.1, -0.05) is 19.3 Å². The lowest BCUT2D eigenvalue weighted by Gasteiger charge is -2.31. The van der Waals surface area contributed by atoms with Crippen molar-refractivity contribution in [3.63, 3.8) is 0 Å². The molecule has 0 aromatic rings. The minimum atomic E-state index is -0.719. The molecule has 1 amide bonds. The van der Waals surface area contributed by atoms with Crippen LogP contribution in [0.2, 0.25) is 0 Å². The summed E-state index contributed by atoms with van der Waals surface area (Å²) in [5.74, 6) is 0.637. The van der Waals surface area contributed by atoms with Crippen LogP contribution < -0.4 is 5.32 Å². The number of hydrogen-bond donors (Lipinski definition) is 1. The number of amides is 1. The van der Waals surface area contributed by atoms with Crippen molar-refractivity contribution in [1.29, 1.82) is 0 Å². The molecule has 0 aliphatic heterocycles. The molecule has 94 valence electrons. The van der Waals surface area contributed by atoms with Crippen LogP contribution in [-0.2, 0) is 9.53 Å². The molecule has 1 rings (SSSR count). The largest absolute Gasteiger partial charge is 0.369 e. The molecule has 3 heteroatoms. The van der Waals surface area contributed by atoms with Gasteiger partial charge in [-0.3, -0.25) is 4.79 Å². The van der Waals surface area contributed by atoms with Crippen LogP contribution >= 0.6 is 0 Å². The lowest BCUT2D eigenvalue weighted by molar-refractivity contribution is -0.140. The summed E-state index contributed by atoms with van der Waals surface area (Å²) >= 11 is 0. The Labute approximate surface area is 98.9 Å². The van der Waals surface area contributed by atoms with E-state index in [2.05, 4.69) is 12.2 Å². The number of hydrogen-bond acceptors (Lipinski definition) is 2. The first-order valence-electron chi connectivity index (χ1n) is 6.33. The summed E-state index contributed by atoms with van der Waals surface area (Å²) < 4.78 is 5.18. The van der Waals surface area contributed by atoms with Crippen molar-refractivity contribution in [2.75, 3.05) is 7.11 Å². The molecule has 0 aromatic carbocycles. The maximum atomic E-state index is 11.9. The van der Waals surface area contributed by atoms with E-state index in [1.165, 1.54) is 32.1 Å². The van der Waals surface area contributed by atoms with Crippen LogP contribution in [0.4, 0.5) is 0 Å². The van der Waals surface area contributed by atoms with Crippen molar-refractivity contribution in [3.8, 4) is 0 Å².